The summed E-state index contributed by atoms with van der Waals surface area (Å²) in [5.41, 5.74) is -0.251. The third kappa shape index (κ3) is 2.30. The van der Waals surface area contributed by atoms with Crippen LogP contribution in [-0.4, -0.2) is 15.7 Å². The molecule has 0 amide bonds. The number of para-hydroxylation sites is 1. The van der Waals surface area contributed by atoms with Crippen molar-refractivity contribution in [3.05, 3.63) is 40.4 Å². The topological polar surface area (TPSA) is 34.9 Å². The SMILES string of the molecule is Cc1nc2ccccc2c(=O)n1CC(F)(F)F. The van der Waals surface area contributed by atoms with Crippen LogP contribution < -0.4 is 5.56 Å². The first kappa shape index (κ1) is 11.6. The molecule has 0 bridgehead atoms. The van der Waals surface area contributed by atoms with Gasteiger partial charge in [-0.15, -0.1) is 0 Å². The number of rotatable bonds is 1. The number of hydrogen-bond acceptors (Lipinski definition) is 2. The van der Waals surface area contributed by atoms with Gasteiger partial charge in [0.1, 0.15) is 12.4 Å². The Hall–Kier alpha value is -1.85. The average molecular weight is 242 g/mol. The van der Waals surface area contributed by atoms with Crippen LogP contribution in [0.1, 0.15) is 5.82 Å². The van der Waals surface area contributed by atoms with Gasteiger partial charge in [0.05, 0.1) is 10.9 Å². The van der Waals surface area contributed by atoms with E-state index in [-0.39, 0.29) is 11.2 Å². The van der Waals surface area contributed by atoms with E-state index in [9.17, 15) is 18.0 Å². The van der Waals surface area contributed by atoms with E-state index in [0.29, 0.717) is 10.1 Å². The summed E-state index contributed by atoms with van der Waals surface area (Å²) in [6, 6.07) is 6.35. The summed E-state index contributed by atoms with van der Waals surface area (Å²) in [4.78, 5) is 15.8. The van der Waals surface area contributed by atoms with Gasteiger partial charge in [-0.3, -0.25) is 9.36 Å². The highest BCUT2D eigenvalue weighted by Crippen LogP contribution is 2.18. The first-order chi connectivity index (χ1) is 7.88. The third-order valence-electron chi connectivity index (χ3n) is 2.39. The number of nitrogens with zero attached hydrogens (tertiary/aromatic N) is 2. The number of halogens is 3. The molecule has 6 heteroatoms. The number of benzene rings is 1. The highest BCUT2D eigenvalue weighted by molar-refractivity contribution is 5.77. The van der Waals surface area contributed by atoms with Crippen LogP contribution in [0.2, 0.25) is 0 Å². The Morgan fingerprint density at radius 2 is 1.94 bits per heavy atom. The lowest BCUT2D eigenvalue weighted by molar-refractivity contribution is -0.141. The standard InChI is InChI=1S/C11H9F3N2O/c1-7-15-9-5-3-2-4-8(9)10(17)16(7)6-11(12,13)14/h2-5H,6H2,1H3. The Morgan fingerprint density at radius 3 is 2.59 bits per heavy atom. The zero-order valence-corrected chi connectivity index (χ0v) is 8.95. The van der Waals surface area contributed by atoms with Gasteiger partial charge in [0, 0.05) is 0 Å². The predicted molar refractivity (Wildman–Crippen MR) is 56.8 cm³/mol. The highest BCUT2D eigenvalue weighted by atomic mass is 19.4. The second-order valence-corrected chi connectivity index (χ2v) is 3.68. The van der Waals surface area contributed by atoms with E-state index in [2.05, 4.69) is 4.98 Å². The summed E-state index contributed by atoms with van der Waals surface area (Å²) in [5, 5.41) is 0.197. The lowest BCUT2D eigenvalue weighted by atomic mass is 10.2. The van der Waals surface area contributed by atoms with Gasteiger partial charge in [-0.05, 0) is 19.1 Å². The molecule has 0 aliphatic carbocycles. The van der Waals surface area contributed by atoms with Crippen LogP contribution >= 0.6 is 0 Å². The number of hydrogen-bond donors (Lipinski definition) is 0. The Kier molecular flexibility index (Phi) is 2.65. The summed E-state index contributed by atoms with van der Waals surface area (Å²) in [7, 11) is 0. The van der Waals surface area contributed by atoms with Gasteiger partial charge in [-0.2, -0.15) is 13.2 Å². The average Bonchev–Trinajstić information content (AvgIpc) is 2.23. The summed E-state index contributed by atoms with van der Waals surface area (Å²) >= 11 is 0. The maximum Gasteiger partial charge on any atom is 0.406 e. The largest absolute Gasteiger partial charge is 0.406 e. The number of alkyl halides is 3. The second-order valence-electron chi connectivity index (χ2n) is 3.68. The molecule has 1 aromatic carbocycles. The molecule has 0 aliphatic rings. The smallest absolute Gasteiger partial charge is 0.287 e. The minimum Gasteiger partial charge on any atom is -0.287 e. The van der Waals surface area contributed by atoms with Gasteiger partial charge >= 0.3 is 6.18 Å². The summed E-state index contributed by atoms with van der Waals surface area (Å²) in [6.07, 6.45) is -4.43. The van der Waals surface area contributed by atoms with E-state index in [1.807, 2.05) is 0 Å². The lowest BCUT2D eigenvalue weighted by Gasteiger charge is -2.12. The van der Waals surface area contributed by atoms with Gasteiger partial charge in [0.25, 0.3) is 5.56 Å². The molecule has 90 valence electrons. The van der Waals surface area contributed by atoms with E-state index < -0.39 is 18.3 Å². The van der Waals surface area contributed by atoms with E-state index in [4.69, 9.17) is 0 Å². The molecule has 0 saturated carbocycles. The fraction of sp³-hybridized carbons (Fsp3) is 0.273. The van der Waals surface area contributed by atoms with Crippen LogP contribution in [0.15, 0.2) is 29.1 Å². The first-order valence-corrected chi connectivity index (χ1v) is 4.91. The quantitative estimate of drug-likeness (QED) is 0.768. The zero-order chi connectivity index (χ0) is 12.6. The van der Waals surface area contributed by atoms with Crippen LogP contribution in [-0.2, 0) is 6.54 Å². The fourth-order valence-corrected chi connectivity index (χ4v) is 1.64. The summed E-state index contributed by atoms with van der Waals surface area (Å²) in [6.45, 7) is 0.0785. The predicted octanol–water partition coefficient (Wildman–Crippen LogP) is 2.27. The number of aromatic nitrogens is 2. The Labute approximate surface area is 94.5 Å². The molecule has 1 heterocycles. The maximum atomic E-state index is 12.3. The van der Waals surface area contributed by atoms with E-state index >= 15 is 0 Å². The molecule has 0 radical (unpaired) electrons. The zero-order valence-electron chi connectivity index (χ0n) is 8.95. The monoisotopic (exact) mass is 242 g/mol. The van der Waals surface area contributed by atoms with Gasteiger partial charge < -0.3 is 0 Å². The third-order valence-corrected chi connectivity index (χ3v) is 2.39. The van der Waals surface area contributed by atoms with Crippen molar-refractivity contribution in [2.45, 2.75) is 19.6 Å². The minimum atomic E-state index is -4.43. The summed E-state index contributed by atoms with van der Waals surface area (Å²) in [5.74, 6) is 0.0611. The molecule has 0 aliphatic heterocycles. The molecule has 0 unspecified atom stereocenters. The van der Waals surface area contributed by atoms with Gasteiger partial charge in [-0.25, -0.2) is 4.98 Å². The van der Waals surface area contributed by atoms with E-state index in [0.717, 1.165) is 0 Å². The Morgan fingerprint density at radius 1 is 1.29 bits per heavy atom. The minimum absolute atomic E-state index is 0.0611. The van der Waals surface area contributed by atoms with Crippen LogP contribution in [0, 0.1) is 6.92 Å². The molecule has 0 spiro atoms. The van der Waals surface area contributed by atoms with Crippen LogP contribution in [0.4, 0.5) is 13.2 Å². The van der Waals surface area contributed by atoms with Crippen LogP contribution in [0.5, 0.6) is 0 Å². The van der Waals surface area contributed by atoms with Crippen molar-refractivity contribution in [3.8, 4) is 0 Å². The molecule has 1 aromatic heterocycles. The molecule has 0 saturated heterocycles. The van der Waals surface area contributed by atoms with E-state index in [1.54, 1.807) is 18.2 Å². The molecular weight excluding hydrogens is 233 g/mol. The van der Waals surface area contributed by atoms with Crippen LogP contribution in [0.25, 0.3) is 10.9 Å². The Bertz CT molecular complexity index is 616. The van der Waals surface area contributed by atoms with Crippen molar-refractivity contribution in [2.75, 3.05) is 0 Å². The van der Waals surface area contributed by atoms with Crippen molar-refractivity contribution >= 4 is 10.9 Å². The highest BCUT2D eigenvalue weighted by Gasteiger charge is 2.29. The molecule has 0 N–H and O–H groups in total. The van der Waals surface area contributed by atoms with Crippen molar-refractivity contribution in [2.24, 2.45) is 0 Å². The molecular formula is C11H9F3N2O. The Balaban J connectivity index is 2.68. The van der Waals surface area contributed by atoms with Crippen molar-refractivity contribution < 1.29 is 13.2 Å². The normalized spacial score (nSPS) is 12.0. The molecule has 3 nitrogen and oxygen atoms in total. The lowest BCUT2D eigenvalue weighted by Crippen LogP contribution is -2.30. The van der Waals surface area contributed by atoms with Crippen molar-refractivity contribution in [1.29, 1.82) is 0 Å². The fourth-order valence-electron chi connectivity index (χ4n) is 1.64. The van der Waals surface area contributed by atoms with Gasteiger partial charge in [-0.1, -0.05) is 12.1 Å². The first-order valence-electron chi connectivity index (χ1n) is 4.91. The molecule has 2 aromatic rings. The van der Waals surface area contributed by atoms with Crippen molar-refractivity contribution in [1.82, 2.24) is 9.55 Å². The van der Waals surface area contributed by atoms with Gasteiger partial charge in [0.2, 0.25) is 0 Å². The maximum absolute atomic E-state index is 12.3. The van der Waals surface area contributed by atoms with Crippen LogP contribution in [0.3, 0.4) is 0 Å². The molecule has 0 atom stereocenters. The number of aryl methyl sites for hydroxylation is 1. The van der Waals surface area contributed by atoms with E-state index in [1.165, 1.54) is 13.0 Å². The summed E-state index contributed by atoms with van der Waals surface area (Å²) < 4.78 is 37.6. The number of fused-ring (bicyclic) bond motifs is 1. The second kappa shape index (κ2) is 3.87. The molecule has 17 heavy (non-hydrogen) atoms. The molecule has 2 rings (SSSR count). The molecule has 0 fully saturated rings. The van der Waals surface area contributed by atoms with Crippen molar-refractivity contribution in [3.63, 3.8) is 0 Å². The van der Waals surface area contributed by atoms with Gasteiger partial charge in [0.15, 0.2) is 0 Å².